The molecule has 2 aromatic carbocycles. The fourth-order valence-corrected chi connectivity index (χ4v) is 2.18. The van der Waals surface area contributed by atoms with Gasteiger partial charge in [-0.25, -0.2) is 0 Å². The Balaban J connectivity index is 2.08. The third-order valence-electron chi connectivity index (χ3n) is 3.27. The molecule has 0 spiro atoms. The Morgan fingerprint density at radius 1 is 1.10 bits per heavy atom. The van der Waals surface area contributed by atoms with Gasteiger partial charge in [-0.05, 0) is 26.0 Å². The number of oxime groups is 1. The lowest BCUT2D eigenvalue weighted by Crippen LogP contribution is -2.03. The summed E-state index contributed by atoms with van der Waals surface area (Å²) in [5, 5.41) is 5.29. The van der Waals surface area contributed by atoms with Crippen LogP contribution in [0.3, 0.4) is 0 Å². The molecule has 0 atom stereocenters. The van der Waals surface area contributed by atoms with E-state index in [4.69, 9.17) is 9.25 Å². The van der Waals surface area contributed by atoms with Crippen molar-refractivity contribution in [3.05, 3.63) is 71.5 Å². The molecular weight excluding hydrogens is 262 g/mol. The first-order valence-electron chi connectivity index (χ1n) is 7.04. The molecule has 0 fully saturated rings. The van der Waals surface area contributed by atoms with E-state index >= 15 is 0 Å². The van der Waals surface area contributed by atoms with Crippen LogP contribution >= 0.6 is 0 Å². The second-order valence-electron chi connectivity index (χ2n) is 4.87. The molecule has 3 nitrogen and oxygen atoms in total. The number of aryl methyl sites for hydroxylation is 1. The van der Waals surface area contributed by atoms with Gasteiger partial charge in [0.15, 0.2) is 11.5 Å². The number of hydrogen-bond acceptors (Lipinski definition) is 3. The van der Waals surface area contributed by atoms with E-state index in [0.29, 0.717) is 18.1 Å². The molecule has 0 bridgehead atoms. The zero-order valence-corrected chi connectivity index (χ0v) is 12.2. The number of benzene rings is 2. The van der Waals surface area contributed by atoms with Gasteiger partial charge in [0.1, 0.15) is 12.2 Å². The predicted octanol–water partition coefficient (Wildman–Crippen LogP) is 4.53. The monoisotopic (exact) mass is 279 g/mol. The van der Waals surface area contributed by atoms with Crippen LogP contribution in [0, 0.1) is 6.92 Å². The molecule has 0 aliphatic carbocycles. The summed E-state index contributed by atoms with van der Waals surface area (Å²) in [6, 6.07) is 18.1. The number of para-hydroxylation sites is 1. The zero-order valence-electron chi connectivity index (χ0n) is 12.2. The van der Waals surface area contributed by atoms with E-state index in [-0.39, 0.29) is 0 Å². The van der Waals surface area contributed by atoms with Crippen LogP contribution in [0.4, 0.5) is 0 Å². The highest BCUT2D eigenvalue weighted by Crippen LogP contribution is 2.22. The van der Waals surface area contributed by atoms with E-state index in [0.717, 1.165) is 16.5 Å². The molecule has 3 aromatic rings. The van der Waals surface area contributed by atoms with Gasteiger partial charge in [0.25, 0.3) is 0 Å². The maximum Gasteiger partial charge on any atom is 0.157 e. The second-order valence-corrected chi connectivity index (χ2v) is 4.87. The van der Waals surface area contributed by atoms with Crippen LogP contribution in [0.5, 0.6) is 0 Å². The molecule has 0 N–H and O–H groups in total. The molecular formula is C18H17NO2. The van der Waals surface area contributed by atoms with E-state index < -0.39 is 0 Å². The lowest BCUT2D eigenvalue weighted by Gasteiger charge is -2.04. The summed E-state index contributed by atoms with van der Waals surface area (Å²) < 4.78 is 5.90. The molecule has 0 amide bonds. The number of rotatable bonds is 4. The SMILES string of the molecule is CCO/N=C(\c1ccc(C)cc1)c1cc2ccccc2o1. The van der Waals surface area contributed by atoms with Crippen LogP contribution < -0.4 is 0 Å². The van der Waals surface area contributed by atoms with E-state index in [1.807, 2.05) is 49.4 Å². The molecule has 3 rings (SSSR count). The maximum atomic E-state index is 5.90. The van der Waals surface area contributed by atoms with Gasteiger partial charge in [-0.15, -0.1) is 0 Å². The van der Waals surface area contributed by atoms with Gasteiger partial charge in [-0.2, -0.15) is 0 Å². The Labute approximate surface area is 123 Å². The first-order valence-corrected chi connectivity index (χ1v) is 7.04. The van der Waals surface area contributed by atoms with Crippen LogP contribution in [-0.2, 0) is 4.84 Å². The van der Waals surface area contributed by atoms with Gasteiger partial charge in [-0.3, -0.25) is 0 Å². The van der Waals surface area contributed by atoms with Crippen LogP contribution in [0.1, 0.15) is 23.8 Å². The quantitative estimate of drug-likeness (QED) is 0.519. The number of hydrogen-bond donors (Lipinski definition) is 0. The van der Waals surface area contributed by atoms with Gasteiger partial charge in [0.05, 0.1) is 0 Å². The second kappa shape index (κ2) is 5.83. The van der Waals surface area contributed by atoms with E-state index in [9.17, 15) is 0 Å². The first-order chi connectivity index (χ1) is 10.3. The highest BCUT2D eigenvalue weighted by Gasteiger charge is 2.13. The maximum absolute atomic E-state index is 5.90. The van der Waals surface area contributed by atoms with Gasteiger partial charge in [0.2, 0.25) is 0 Å². The third-order valence-corrected chi connectivity index (χ3v) is 3.27. The highest BCUT2D eigenvalue weighted by atomic mass is 16.6. The molecule has 0 saturated heterocycles. The van der Waals surface area contributed by atoms with Crippen molar-refractivity contribution in [2.45, 2.75) is 13.8 Å². The minimum Gasteiger partial charge on any atom is -0.454 e. The molecule has 106 valence electrons. The van der Waals surface area contributed by atoms with Crippen molar-refractivity contribution in [3.63, 3.8) is 0 Å². The van der Waals surface area contributed by atoms with E-state index in [1.54, 1.807) is 0 Å². The molecule has 0 radical (unpaired) electrons. The summed E-state index contributed by atoms with van der Waals surface area (Å²) >= 11 is 0. The lowest BCUT2D eigenvalue weighted by atomic mass is 10.1. The summed E-state index contributed by atoms with van der Waals surface area (Å²) in [6.45, 7) is 4.49. The Morgan fingerprint density at radius 2 is 1.86 bits per heavy atom. The predicted molar refractivity (Wildman–Crippen MR) is 84.7 cm³/mol. The van der Waals surface area contributed by atoms with Gasteiger partial charge in [0, 0.05) is 10.9 Å². The van der Waals surface area contributed by atoms with E-state index in [1.165, 1.54) is 5.56 Å². The molecule has 0 aliphatic rings. The first kappa shape index (κ1) is 13.4. The zero-order chi connectivity index (χ0) is 14.7. The van der Waals surface area contributed by atoms with Crippen molar-refractivity contribution < 1.29 is 9.25 Å². The lowest BCUT2D eigenvalue weighted by molar-refractivity contribution is 0.159. The summed E-state index contributed by atoms with van der Waals surface area (Å²) in [5.74, 6) is 0.716. The largest absolute Gasteiger partial charge is 0.454 e. The average molecular weight is 279 g/mol. The van der Waals surface area contributed by atoms with Crippen LogP contribution in [-0.4, -0.2) is 12.3 Å². The number of nitrogens with zero attached hydrogens (tertiary/aromatic N) is 1. The highest BCUT2D eigenvalue weighted by molar-refractivity contribution is 6.12. The normalized spacial score (nSPS) is 11.8. The van der Waals surface area contributed by atoms with Gasteiger partial charge < -0.3 is 9.25 Å². The van der Waals surface area contributed by atoms with Crippen molar-refractivity contribution in [2.75, 3.05) is 6.61 Å². The minimum atomic E-state index is 0.523. The summed E-state index contributed by atoms with van der Waals surface area (Å²) in [7, 11) is 0. The van der Waals surface area contributed by atoms with E-state index in [2.05, 4.69) is 24.2 Å². The van der Waals surface area contributed by atoms with Gasteiger partial charge in [-0.1, -0.05) is 53.2 Å². The molecule has 0 unspecified atom stereocenters. The number of furan rings is 1. The molecule has 1 heterocycles. The Hall–Kier alpha value is -2.55. The van der Waals surface area contributed by atoms with Crippen molar-refractivity contribution in [3.8, 4) is 0 Å². The van der Waals surface area contributed by atoms with Crippen LogP contribution in [0.2, 0.25) is 0 Å². The van der Waals surface area contributed by atoms with Crippen molar-refractivity contribution in [2.24, 2.45) is 5.16 Å². The van der Waals surface area contributed by atoms with Gasteiger partial charge >= 0.3 is 0 Å². The summed E-state index contributed by atoms with van der Waals surface area (Å²) in [6.07, 6.45) is 0. The summed E-state index contributed by atoms with van der Waals surface area (Å²) in [5.41, 5.74) is 3.75. The van der Waals surface area contributed by atoms with Crippen molar-refractivity contribution in [1.29, 1.82) is 0 Å². The fourth-order valence-electron chi connectivity index (χ4n) is 2.18. The molecule has 3 heteroatoms. The molecule has 21 heavy (non-hydrogen) atoms. The number of fused-ring (bicyclic) bond motifs is 1. The smallest absolute Gasteiger partial charge is 0.157 e. The Morgan fingerprint density at radius 3 is 2.57 bits per heavy atom. The van der Waals surface area contributed by atoms with Crippen LogP contribution in [0.25, 0.3) is 11.0 Å². The van der Waals surface area contributed by atoms with Crippen LogP contribution in [0.15, 0.2) is 64.2 Å². The Kier molecular flexibility index (Phi) is 3.73. The molecule has 1 aromatic heterocycles. The molecule has 0 saturated carbocycles. The topological polar surface area (TPSA) is 34.7 Å². The van der Waals surface area contributed by atoms with Crippen molar-refractivity contribution >= 4 is 16.7 Å². The van der Waals surface area contributed by atoms with Crippen molar-refractivity contribution in [1.82, 2.24) is 0 Å². The third kappa shape index (κ3) is 2.82. The average Bonchev–Trinajstić information content (AvgIpc) is 2.93. The standard InChI is InChI=1S/C18H17NO2/c1-3-20-19-18(14-10-8-13(2)9-11-14)17-12-15-6-4-5-7-16(15)21-17/h4-12H,3H2,1-2H3/b19-18+. The Bertz CT molecular complexity index is 736. The minimum absolute atomic E-state index is 0.523. The summed E-state index contributed by atoms with van der Waals surface area (Å²) in [4.78, 5) is 5.26. The molecule has 0 aliphatic heterocycles. The fraction of sp³-hybridized carbons (Fsp3) is 0.167.